The molecule has 3 unspecified atom stereocenters. The van der Waals surface area contributed by atoms with Crippen molar-refractivity contribution in [1.82, 2.24) is 4.90 Å². The number of rotatable bonds is 6. The molecule has 0 aliphatic carbocycles. The summed E-state index contributed by atoms with van der Waals surface area (Å²) in [6.07, 6.45) is 1.70. The number of hydrogen-bond donors (Lipinski definition) is 0. The molecule has 3 heteroatoms. The molecule has 1 amide bonds. The molecule has 0 bridgehead atoms. The Bertz CT molecular complexity index is 1000. The summed E-state index contributed by atoms with van der Waals surface area (Å²) in [5, 5.41) is 0. The molecule has 3 aromatic carbocycles. The number of nitrogens with zero attached hydrogens (tertiary/aromatic N) is 1. The van der Waals surface area contributed by atoms with E-state index in [1.54, 1.807) is 0 Å². The quantitative estimate of drug-likeness (QED) is 0.382. The van der Waals surface area contributed by atoms with Gasteiger partial charge in [-0.05, 0) is 62.1 Å². The lowest BCUT2D eigenvalue weighted by molar-refractivity contribution is 0.0211. The Morgan fingerprint density at radius 2 is 1.32 bits per heavy atom. The Morgan fingerprint density at radius 3 is 1.79 bits per heavy atom. The van der Waals surface area contributed by atoms with Gasteiger partial charge in [0.25, 0.3) is 0 Å². The van der Waals surface area contributed by atoms with Crippen LogP contribution in [-0.4, -0.2) is 29.2 Å². The topological polar surface area (TPSA) is 29.5 Å². The predicted octanol–water partition coefficient (Wildman–Crippen LogP) is 7.64. The number of likely N-dealkylation sites (tertiary alicyclic amines) is 1. The van der Waals surface area contributed by atoms with Crippen LogP contribution in [0.4, 0.5) is 4.79 Å². The average molecular weight is 456 g/mol. The molecule has 0 saturated carbocycles. The molecule has 0 radical (unpaired) electrons. The molecule has 1 aliphatic rings. The highest BCUT2D eigenvalue weighted by Gasteiger charge is 2.41. The number of carbonyl (C=O) groups excluding carboxylic acids is 1. The highest BCUT2D eigenvalue weighted by molar-refractivity contribution is 5.69. The molecule has 4 rings (SSSR count). The number of amides is 1. The fourth-order valence-corrected chi connectivity index (χ4v) is 5.35. The second kappa shape index (κ2) is 10.5. The van der Waals surface area contributed by atoms with E-state index in [-0.39, 0.29) is 18.1 Å². The number of carbonyl (C=O) groups is 1. The third kappa shape index (κ3) is 5.88. The van der Waals surface area contributed by atoms with Gasteiger partial charge in [-0.1, -0.05) is 97.9 Å². The molecule has 3 aromatic rings. The second-order valence-corrected chi connectivity index (χ2v) is 10.6. The summed E-state index contributed by atoms with van der Waals surface area (Å²) in [5.74, 6) is 0.927. The zero-order chi connectivity index (χ0) is 24.1. The minimum atomic E-state index is -0.511. The summed E-state index contributed by atoms with van der Waals surface area (Å²) >= 11 is 0. The zero-order valence-corrected chi connectivity index (χ0v) is 20.9. The Hall–Kier alpha value is -3.07. The van der Waals surface area contributed by atoms with Gasteiger partial charge in [0.2, 0.25) is 0 Å². The van der Waals surface area contributed by atoms with Crippen LogP contribution < -0.4 is 0 Å². The maximum atomic E-state index is 13.3. The number of benzene rings is 3. The van der Waals surface area contributed by atoms with Gasteiger partial charge in [0, 0.05) is 18.5 Å². The molecule has 1 fully saturated rings. The van der Waals surface area contributed by atoms with Crippen molar-refractivity contribution in [1.29, 1.82) is 0 Å². The average Bonchev–Trinajstić information content (AvgIpc) is 3.23. The maximum absolute atomic E-state index is 13.3. The summed E-state index contributed by atoms with van der Waals surface area (Å²) in [5.41, 5.74) is 3.42. The summed E-state index contributed by atoms with van der Waals surface area (Å²) in [7, 11) is 0. The third-order valence-corrected chi connectivity index (χ3v) is 6.86. The van der Waals surface area contributed by atoms with Gasteiger partial charge in [0.05, 0.1) is 0 Å². The first kappa shape index (κ1) is 24.1. The molecule has 0 N–H and O–H groups in total. The van der Waals surface area contributed by atoms with Crippen LogP contribution in [0.15, 0.2) is 91.0 Å². The molecule has 1 heterocycles. The molecule has 0 spiro atoms. The lowest BCUT2D eigenvalue weighted by atomic mass is 9.79. The largest absolute Gasteiger partial charge is 0.444 e. The van der Waals surface area contributed by atoms with Crippen molar-refractivity contribution in [2.24, 2.45) is 5.92 Å². The summed E-state index contributed by atoms with van der Waals surface area (Å²) in [4.78, 5) is 15.3. The molecule has 1 aliphatic heterocycles. The van der Waals surface area contributed by atoms with Gasteiger partial charge >= 0.3 is 6.09 Å². The predicted molar refractivity (Wildman–Crippen MR) is 139 cm³/mol. The minimum Gasteiger partial charge on any atom is -0.444 e. The SMILES string of the molecule is CC(CC1CC(C(c2ccccc2)c2ccccc2)CN1C(=O)OC(C)(C)C)c1ccccc1. The summed E-state index contributed by atoms with van der Waals surface area (Å²) in [6, 6.07) is 32.2. The van der Waals surface area contributed by atoms with Crippen LogP contribution >= 0.6 is 0 Å². The van der Waals surface area contributed by atoms with Crippen LogP contribution in [0.5, 0.6) is 0 Å². The second-order valence-electron chi connectivity index (χ2n) is 10.6. The molecule has 1 saturated heterocycles. The van der Waals surface area contributed by atoms with Crippen molar-refractivity contribution in [2.45, 2.75) is 64.0 Å². The van der Waals surface area contributed by atoms with Crippen LogP contribution in [0.2, 0.25) is 0 Å². The van der Waals surface area contributed by atoms with Crippen molar-refractivity contribution in [3.63, 3.8) is 0 Å². The molecule has 3 atom stereocenters. The first-order valence-electron chi connectivity index (χ1n) is 12.5. The summed E-state index contributed by atoms with van der Waals surface area (Å²) < 4.78 is 5.87. The standard InChI is InChI=1S/C31H37NO2/c1-23(24-14-8-5-9-15-24)20-28-21-27(22-32(28)30(33)34-31(2,3)4)29(25-16-10-6-11-17-25)26-18-12-7-13-19-26/h5-19,23,27-29H,20-22H2,1-4H3. The van der Waals surface area contributed by atoms with Crippen LogP contribution in [0.1, 0.15) is 69.1 Å². The Morgan fingerprint density at radius 1 is 0.853 bits per heavy atom. The molecule has 3 nitrogen and oxygen atoms in total. The molecular weight excluding hydrogens is 418 g/mol. The number of hydrogen-bond acceptors (Lipinski definition) is 2. The van der Waals surface area contributed by atoms with E-state index in [4.69, 9.17) is 4.74 Å². The van der Waals surface area contributed by atoms with Gasteiger partial charge < -0.3 is 9.64 Å². The fraction of sp³-hybridized carbons (Fsp3) is 0.387. The maximum Gasteiger partial charge on any atom is 0.410 e. The van der Waals surface area contributed by atoms with E-state index in [9.17, 15) is 4.79 Å². The highest BCUT2D eigenvalue weighted by atomic mass is 16.6. The lowest BCUT2D eigenvalue weighted by Crippen LogP contribution is -2.40. The van der Waals surface area contributed by atoms with Gasteiger partial charge in [-0.15, -0.1) is 0 Å². The first-order chi connectivity index (χ1) is 16.3. The Balaban J connectivity index is 1.64. The summed E-state index contributed by atoms with van der Waals surface area (Å²) in [6.45, 7) is 8.79. The van der Waals surface area contributed by atoms with E-state index in [0.717, 1.165) is 12.8 Å². The van der Waals surface area contributed by atoms with Crippen LogP contribution in [0.25, 0.3) is 0 Å². The van der Waals surface area contributed by atoms with Crippen molar-refractivity contribution < 1.29 is 9.53 Å². The Labute approximate surface area is 204 Å². The van der Waals surface area contributed by atoms with Crippen molar-refractivity contribution in [3.8, 4) is 0 Å². The smallest absolute Gasteiger partial charge is 0.410 e. The molecule has 0 aromatic heterocycles. The van der Waals surface area contributed by atoms with Gasteiger partial charge in [-0.2, -0.15) is 0 Å². The van der Waals surface area contributed by atoms with Crippen LogP contribution in [-0.2, 0) is 4.74 Å². The molecule has 34 heavy (non-hydrogen) atoms. The van der Waals surface area contributed by atoms with Gasteiger partial charge in [-0.3, -0.25) is 0 Å². The monoisotopic (exact) mass is 455 g/mol. The van der Waals surface area contributed by atoms with E-state index >= 15 is 0 Å². The van der Waals surface area contributed by atoms with E-state index < -0.39 is 5.60 Å². The minimum absolute atomic E-state index is 0.144. The molecule has 178 valence electrons. The molecular formula is C31H37NO2. The van der Waals surface area contributed by atoms with E-state index in [1.165, 1.54) is 16.7 Å². The Kier molecular flexibility index (Phi) is 7.41. The van der Waals surface area contributed by atoms with E-state index in [0.29, 0.717) is 18.4 Å². The number of ether oxygens (including phenoxy) is 1. The van der Waals surface area contributed by atoms with Gasteiger partial charge in [0.15, 0.2) is 0 Å². The zero-order valence-electron chi connectivity index (χ0n) is 20.9. The normalized spacial score (nSPS) is 19.3. The van der Waals surface area contributed by atoms with Crippen molar-refractivity contribution >= 4 is 6.09 Å². The van der Waals surface area contributed by atoms with Crippen LogP contribution in [0, 0.1) is 5.92 Å². The highest BCUT2D eigenvalue weighted by Crippen LogP contribution is 2.42. The van der Waals surface area contributed by atoms with Crippen molar-refractivity contribution in [3.05, 3.63) is 108 Å². The fourth-order valence-electron chi connectivity index (χ4n) is 5.35. The van der Waals surface area contributed by atoms with Crippen LogP contribution in [0.3, 0.4) is 0 Å². The third-order valence-electron chi connectivity index (χ3n) is 6.86. The van der Waals surface area contributed by atoms with Crippen molar-refractivity contribution in [2.75, 3.05) is 6.54 Å². The first-order valence-corrected chi connectivity index (χ1v) is 12.5. The lowest BCUT2D eigenvalue weighted by Gasteiger charge is -2.30. The van der Waals surface area contributed by atoms with E-state index in [2.05, 4.69) is 97.9 Å². The van der Waals surface area contributed by atoms with Gasteiger partial charge in [-0.25, -0.2) is 4.79 Å². The van der Waals surface area contributed by atoms with Gasteiger partial charge in [0.1, 0.15) is 5.60 Å². The van der Waals surface area contributed by atoms with E-state index in [1.807, 2.05) is 25.7 Å².